The van der Waals surface area contributed by atoms with E-state index < -0.39 is 0 Å². The number of hydrogen-bond acceptors (Lipinski definition) is 4. The summed E-state index contributed by atoms with van der Waals surface area (Å²) >= 11 is 0. The lowest BCUT2D eigenvalue weighted by Gasteiger charge is -2.13. The quantitative estimate of drug-likeness (QED) is 0.848. The van der Waals surface area contributed by atoms with Gasteiger partial charge >= 0.3 is 0 Å². The molecular formula is C15H21NO3. The van der Waals surface area contributed by atoms with Crippen molar-refractivity contribution in [1.82, 2.24) is 5.48 Å². The second-order valence-electron chi connectivity index (χ2n) is 5.18. The Morgan fingerprint density at radius 3 is 2.68 bits per heavy atom. The van der Waals surface area contributed by atoms with Gasteiger partial charge in [-0.3, -0.25) is 4.84 Å². The number of hydroxylamine groups is 1. The number of benzene rings is 1. The molecule has 0 radical (unpaired) electrons. The first-order valence-corrected chi connectivity index (χ1v) is 7.19. The summed E-state index contributed by atoms with van der Waals surface area (Å²) in [6, 6.07) is 6.07. The summed E-state index contributed by atoms with van der Waals surface area (Å²) in [4.78, 5) is 5.65. The molecule has 0 aromatic heterocycles. The van der Waals surface area contributed by atoms with Gasteiger partial charge in [-0.15, -0.1) is 0 Å². The zero-order chi connectivity index (χ0) is 12.9. The highest BCUT2D eigenvalue weighted by molar-refractivity contribution is 5.43. The molecule has 1 aliphatic carbocycles. The first-order valence-electron chi connectivity index (χ1n) is 7.19. The molecule has 1 fully saturated rings. The molecule has 1 aromatic rings. The monoisotopic (exact) mass is 263 g/mol. The topological polar surface area (TPSA) is 39.7 Å². The van der Waals surface area contributed by atoms with Gasteiger partial charge in [-0.25, -0.2) is 0 Å². The van der Waals surface area contributed by atoms with Gasteiger partial charge in [0.15, 0.2) is 11.5 Å². The fraction of sp³-hybridized carbons (Fsp3) is 0.600. The van der Waals surface area contributed by atoms with Gasteiger partial charge in [0.25, 0.3) is 0 Å². The van der Waals surface area contributed by atoms with Crippen molar-refractivity contribution < 1.29 is 14.3 Å². The smallest absolute Gasteiger partial charge is 0.161 e. The Morgan fingerprint density at radius 1 is 1.05 bits per heavy atom. The lowest BCUT2D eigenvalue weighted by atomic mass is 10.2. The lowest BCUT2D eigenvalue weighted by molar-refractivity contribution is -0.0244. The van der Waals surface area contributed by atoms with Crippen LogP contribution in [0.1, 0.15) is 37.7 Å². The number of nitrogens with one attached hydrogen (secondary N) is 1. The van der Waals surface area contributed by atoms with Crippen molar-refractivity contribution in [1.29, 1.82) is 0 Å². The molecule has 0 atom stereocenters. The zero-order valence-corrected chi connectivity index (χ0v) is 11.2. The largest absolute Gasteiger partial charge is 0.490 e. The van der Waals surface area contributed by atoms with Crippen molar-refractivity contribution >= 4 is 0 Å². The Labute approximate surface area is 114 Å². The molecule has 1 aromatic carbocycles. The average molecular weight is 263 g/mol. The fourth-order valence-electron chi connectivity index (χ4n) is 2.57. The van der Waals surface area contributed by atoms with Crippen LogP contribution in [-0.4, -0.2) is 19.3 Å². The second kappa shape index (κ2) is 6.26. The van der Waals surface area contributed by atoms with Crippen molar-refractivity contribution in [2.45, 2.75) is 44.8 Å². The van der Waals surface area contributed by atoms with Crippen LogP contribution in [0.3, 0.4) is 0 Å². The van der Waals surface area contributed by atoms with Crippen LogP contribution >= 0.6 is 0 Å². The van der Waals surface area contributed by atoms with Crippen LogP contribution in [0, 0.1) is 0 Å². The Hall–Kier alpha value is -1.26. The van der Waals surface area contributed by atoms with Crippen molar-refractivity contribution in [2.24, 2.45) is 0 Å². The number of rotatable bonds is 4. The van der Waals surface area contributed by atoms with E-state index in [1.165, 1.54) is 25.7 Å². The highest BCUT2D eigenvalue weighted by atomic mass is 16.7. The van der Waals surface area contributed by atoms with E-state index in [1.54, 1.807) is 0 Å². The molecule has 1 saturated carbocycles. The molecule has 3 rings (SSSR count). The Bertz CT molecular complexity index is 416. The summed E-state index contributed by atoms with van der Waals surface area (Å²) in [5.74, 6) is 1.69. The molecule has 0 amide bonds. The molecule has 2 aliphatic rings. The molecule has 4 nitrogen and oxygen atoms in total. The summed E-state index contributed by atoms with van der Waals surface area (Å²) in [5.41, 5.74) is 4.22. The van der Waals surface area contributed by atoms with Crippen molar-refractivity contribution in [2.75, 3.05) is 13.2 Å². The molecule has 1 N–H and O–H groups in total. The minimum absolute atomic E-state index is 0.389. The summed E-state index contributed by atoms with van der Waals surface area (Å²) in [5, 5.41) is 0. The van der Waals surface area contributed by atoms with E-state index in [2.05, 4.69) is 11.5 Å². The second-order valence-corrected chi connectivity index (χ2v) is 5.18. The van der Waals surface area contributed by atoms with E-state index in [4.69, 9.17) is 14.3 Å². The average Bonchev–Trinajstić information content (AvgIpc) is 2.83. The number of hydrogen-bond donors (Lipinski definition) is 1. The van der Waals surface area contributed by atoms with Gasteiger partial charge < -0.3 is 9.47 Å². The van der Waals surface area contributed by atoms with Crippen LogP contribution in [0.15, 0.2) is 18.2 Å². The number of ether oxygens (including phenoxy) is 2. The maximum atomic E-state index is 5.68. The van der Waals surface area contributed by atoms with Gasteiger partial charge in [-0.1, -0.05) is 18.9 Å². The summed E-state index contributed by atoms with van der Waals surface area (Å²) < 4.78 is 11.3. The lowest BCUT2D eigenvalue weighted by Crippen LogP contribution is -2.21. The fourth-order valence-corrected chi connectivity index (χ4v) is 2.57. The van der Waals surface area contributed by atoms with Crippen LogP contribution in [0.2, 0.25) is 0 Å². The Morgan fingerprint density at radius 2 is 1.84 bits per heavy atom. The van der Waals surface area contributed by atoms with Crippen molar-refractivity contribution in [3.63, 3.8) is 0 Å². The minimum atomic E-state index is 0.389. The van der Waals surface area contributed by atoms with E-state index in [0.717, 1.165) is 36.7 Å². The van der Waals surface area contributed by atoms with E-state index in [-0.39, 0.29) is 0 Å². The predicted octanol–water partition coefficient (Wildman–Crippen LogP) is 2.81. The van der Waals surface area contributed by atoms with E-state index in [9.17, 15) is 0 Å². The maximum absolute atomic E-state index is 5.68. The molecule has 0 bridgehead atoms. The SMILES string of the molecule is c1cc2c(cc1CNOC1CCCC1)OCCCO2. The normalized spacial score (nSPS) is 19.4. The Kier molecular flexibility index (Phi) is 4.20. The third-order valence-electron chi connectivity index (χ3n) is 3.64. The predicted molar refractivity (Wildman–Crippen MR) is 72.2 cm³/mol. The number of fused-ring (bicyclic) bond motifs is 1. The molecule has 104 valence electrons. The summed E-state index contributed by atoms with van der Waals surface area (Å²) in [6.45, 7) is 2.16. The van der Waals surface area contributed by atoms with Gasteiger partial charge in [-0.05, 0) is 30.5 Å². The zero-order valence-electron chi connectivity index (χ0n) is 11.2. The first kappa shape index (κ1) is 12.8. The molecule has 0 saturated heterocycles. The maximum Gasteiger partial charge on any atom is 0.161 e. The van der Waals surface area contributed by atoms with Gasteiger partial charge in [0.1, 0.15) is 0 Å². The molecular weight excluding hydrogens is 242 g/mol. The van der Waals surface area contributed by atoms with E-state index in [0.29, 0.717) is 12.6 Å². The highest BCUT2D eigenvalue weighted by Crippen LogP contribution is 2.30. The van der Waals surface area contributed by atoms with Crippen LogP contribution < -0.4 is 15.0 Å². The standard InChI is InChI=1S/C15H21NO3/c1-2-5-13(4-1)19-16-11-12-6-7-14-15(10-12)18-9-3-8-17-14/h6-7,10,13,16H,1-5,8-9,11H2. The van der Waals surface area contributed by atoms with Crippen LogP contribution in [0.25, 0.3) is 0 Å². The summed E-state index contributed by atoms with van der Waals surface area (Å²) in [6.07, 6.45) is 6.25. The molecule has 1 heterocycles. The van der Waals surface area contributed by atoms with Crippen LogP contribution in [-0.2, 0) is 11.4 Å². The van der Waals surface area contributed by atoms with Gasteiger partial charge in [-0.2, -0.15) is 5.48 Å². The van der Waals surface area contributed by atoms with Gasteiger partial charge in [0.2, 0.25) is 0 Å². The van der Waals surface area contributed by atoms with Gasteiger partial charge in [0.05, 0.1) is 19.3 Å². The highest BCUT2D eigenvalue weighted by Gasteiger charge is 2.15. The van der Waals surface area contributed by atoms with Crippen LogP contribution in [0.5, 0.6) is 11.5 Å². The van der Waals surface area contributed by atoms with E-state index in [1.807, 2.05) is 12.1 Å². The Balaban J connectivity index is 1.54. The van der Waals surface area contributed by atoms with Crippen molar-refractivity contribution in [3.8, 4) is 11.5 Å². The third-order valence-corrected chi connectivity index (χ3v) is 3.64. The van der Waals surface area contributed by atoms with Crippen LogP contribution in [0.4, 0.5) is 0 Å². The third kappa shape index (κ3) is 3.39. The molecule has 19 heavy (non-hydrogen) atoms. The molecule has 0 spiro atoms. The first-order chi connectivity index (χ1) is 9.42. The summed E-state index contributed by atoms with van der Waals surface area (Å²) in [7, 11) is 0. The molecule has 0 unspecified atom stereocenters. The van der Waals surface area contributed by atoms with E-state index >= 15 is 0 Å². The molecule has 4 heteroatoms. The van der Waals surface area contributed by atoms with Gasteiger partial charge in [0, 0.05) is 13.0 Å². The minimum Gasteiger partial charge on any atom is -0.490 e. The van der Waals surface area contributed by atoms with Crippen molar-refractivity contribution in [3.05, 3.63) is 23.8 Å². The molecule has 1 aliphatic heterocycles.